The molecule has 0 radical (unpaired) electrons. The van der Waals surface area contributed by atoms with Gasteiger partial charge in [0.15, 0.2) is 0 Å². The monoisotopic (exact) mass is 468 g/mol. The van der Waals surface area contributed by atoms with Crippen LogP contribution in [0.1, 0.15) is 38.3 Å². The van der Waals surface area contributed by atoms with Crippen molar-refractivity contribution in [2.24, 2.45) is 0 Å². The van der Waals surface area contributed by atoms with E-state index in [1.54, 1.807) is 12.4 Å². The molecular weight excluding hydrogens is 440 g/mol. The van der Waals surface area contributed by atoms with Crippen LogP contribution in [0.2, 0.25) is 0 Å². The highest BCUT2D eigenvalue weighted by molar-refractivity contribution is 5.64. The number of pyridine rings is 1. The molecule has 5 rings (SSSR count). The Labute approximate surface area is 205 Å². The molecule has 4 aromatic rings. The predicted molar refractivity (Wildman–Crippen MR) is 133 cm³/mol. The molecule has 0 aliphatic carbocycles. The van der Waals surface area contributed by atoms with Crippen molar-refractivity contribution in [1.29, 1.82) is 5.26 Å². The minimum atomic E-state index is -0.712. The summed E-state index contributed by atoms with van der Waals surface area (Å²) in [5.41, 5.74) is 4.64. The Morgan fingerprint density at radius 2 is 1.94 bits per heavy atom. The zero-order valence-corrected chi connectivity index (χ0v) is 19.9. The van der Waals surface area contributed by atoms with E-state index in [4.69, 9.17) is 9.40 Å². The molecule has 1 saturated heterocycles. The molecule has 9 heteroatoms. The number of piperazine rings is 1. The average Bonchev–Trinajstić information content (AvgIpc) is 3.40. The maximum absolute atomic E-state index is 9.47. The van der Waals surface area contributed by atoms with E-state index in [1.807, 2.05) is 45.0 Å². The van der Waals surface area contributed by atoms with E-state index in [0.717, 1.165) is 30.8 Å². The smallest absolute Gasteiger partial charge is 0.268 e. The summed E-state index contributed by atoms with van der Waals surface area (Å²) < 4.78 is 6.05. The molecule has 4 heterocycles. The summed E-state index contributed by atoms with van der Waals surface area (Å²) >= 11 is 0. The highest BCUT2D eigenvalue weighted by Crippen LogP contribution is 2.29. The topological polar surface area (TPSA) is 125 Å². The van der Waals surface area contributed by atoms with Gasteiger partial charge in [-0.3, -0.25) is 9.97 Å². The van der Waals surface area contributed by atoms with Crippen molar-refractivity contribution < 1.29 is 5.84 Å². The van der Waals surface area contributed by atoms with E-state index < -0.39 is 5.41 Å². The summed E-state index contributed by atoms with van der Waals surface area (Å²) in [6.07, 6.45) is 3.38. The van der Waals surface area contributed by atoms with Gasteiger partial charge in [-0.2, -0.15) is 5.26 Å². The van der Waals surface area contributed by atoms with Gasteiger partial charge in [0, 0.05) is 44.4 Å². The summed E-state index contributed by atoms with van der Waals surface area (Å²) in [5, 5.41) is 25.0. The molecule has 9 nitrogen and oxygen atoms in total. The number of nitriles is 1. The first-order chi connectivity index (χ1) is 16.9. The molecule has 0 saturated carbocycles. The van der Waals surface area contributed by atoms with E-state index in [9.17, 15) is 5.26 Å². The van der Waals surface area contributed by atoms with Crippen molar-refractivity contribution in [1.82, 2.24) is 35.8 Å². The van der Waals surface area contributed by atoms with Gasteiger partial charge < -0.3 is 15.1 Å². The lowest BCUT2D eigenvalue weighted by Crippen LogP contribution is -2.42. The number of benzene rings is 1. The first kappa shape index (κ1) is 22.8. The van der Waals surface area contributed by atoms with Gasteiger partial charge in [0.05, 0.1) is 34.8 Å². The van der Waals surface area contributed by atoms with Gasteiger partial charge in [-0.25, -0.2) is 4.98 Å². The average molecular weight is 469 g/mol. The number of nitrogens with one attached hydrogen (secondary N) is 2. The van der Waals surface area contributed by atoms with Crippen LogP contribution in [-0.2, 0) is 5.41 Å². The number of hydrogen-bond donors (Lipinski definition) is 2. The molecule has 0 amide bonds. The maximum atomic E-state index is 9.47. The van der Waals surface area contributed by atoms with Crippen molar-refractivity contribution in [3.63, 3.8) is 0 Å². The van der Waals surface area contributed by atoms with Crippen LogP contribution in [0, 0.1) is 18.3 Å². The second kappa shape index (κ2) is 9.33. The molecule has 1 aromatic carbocycles. The minimum Gasteiger partial charge on any atom is -0.415 e. The van der Waals surface area contributed by atoms with Crippen LogP contribution in [0.4, 0.5) is 0 Å². The molecular formula is C26H28N8O. The van der Waals surface area contributed by atoms with Crippen LogP contribution in [0.15, 0.2) is 53.2 Å². The van der Waals surface area contributed by atoms with E-state index in [0.29, 0.717) is 34.6 Å². The summed E-state index contributed by atoms with van der Waals surface area (Å²) in [4.78, 5) is 13.6. The molecule has 0 spiro atoms. The second-order valence-electron chi connectivity index (χ2n) is 9.10. The number of aryl methyl sites for hydroxylation is 1. The second-order valence-corrected chi connectivity index (χ2v) is 9.10. The summed E-state index contributed by atoms with van der Waals surface area (Å²) in [7, 11) is 0. The molecule has 3 aromatic heterocycles. The minimum absolute atomic E-state index is 0. The van der Waals surface area contributed by atoms with Gasteiger partial charge in [0.25, 0.3) is 5.89 Å². The van der Waals surface area contributed by atoms with Gasteiger partial charge in [-0.05, 0) is 50.6 Å². The summed E-state index contributed by atoms with van der Waals surface area (Å²) in [5.74, 6) is 0.737. The van der Waals surface area contributed by atoms with Crippen molar-refractivity contribution in [3.8, 4) is 40.4 Å². The Kier molecular flexibility index (Phi) is 6.07. The number of nitrogens with zero attached hydrogens (tertiary/aromatic N) is 6. The zero-order valence-electron chi connectivity index (χ0n) is 19.9. The highest BCUT2D eigenvalue weighted by atomic mass is 16.4. The quantitative estimate of drug-likeness (QED) is 0.449. The number of rotatable bonds is 5. The largest absolute Gasteiger partial charge is 0.415 e. The molecule has 0 bridgehead atoms. The zero-order chi connectivity index (χ0) is 24.4. The Balaban J connectivity index is 0.00000304. The molecule has 1 unspecified atom stereocenters. The fourth-order valence-corrected chi connectivity index (χ4v) is 3.99. The lowest BCUT2D eigenvalue weighted by molar-refractivity contribution is 0.430. The molecule has 1 fully saturated rings. The van der Waals surface area contributed by atoms with Crippen LogP contribution in [0.5, 0.6) is 0 Å². The van der Waals surface area contributed by atoms with Crippen LogP contribution >= 0.6 is 0 Å². The predicted octanol–water partition coefficient (Wildman–Crippen LogP) is 3.85. The summed E-state index contributed by atoms with van der Waals surface area (Å²) in [6, 6.07) is 14.4. The maximum Gasteiger partial charge on any atom is 0.268 e. The normalized spacial score (nSPS) is 16.1. The van der Waals surface area contributed by atoms with E-state index in [1.165, 1.54) is 5.56 Å². The molecule has 35 heavy (non-hydrogen) atoms. The number of hydrogen-bond acceptors (Lipinski definition) is 9. The Hall–Kier alpha value is -4.00. The Morgan fingerprint density at radius 3 is 2.74 bits per heavy atom. The first-order valence-electron chi connectivity index (χ1n) is 11.5. The van der Waals surface area contributed by atoms with Gasteiger partial charge in [0.2, 0.25) is 5.89 Å². The fourth-order valence-electron chi connectivity index (χ4n) is 3.99. The van der Waals surface area contributed by atoms with Crippen molar-refractivity contribution in [3.05, 3.63) is 65.7 Å². The molecule has 2 N–H and O–H groups in total. The molecule has 1 aliphatic rings. The van der Waals surface area contributed by atoms with Gasteiger partial charge in [-0.15, -0.1) is 10.2 Å². The lowest BCUT2D eigenvalue weighted by atomic mass is 9.90. The van der Waals surface area contributed by atoms with Crippen molar-refractivity contribution >= 4 is 0 Å². The third-order valence-electron chi connectivity index (χ3n) is 6.14. The summed E-state index contributed by atoms with van der Waals surface area (Å²) in [6.45, 7) is 8.31. The first-order valence-corrected chi connectivity index (χ1v) is 11.5. The fraction of sp³-hybridized carbons (Fsp3) is 0.308. The lowest BCUT2D eigenvalue weighted by Gasteiger charge is -2.25. The van der Waals surface area contributed by atoms with E-state index in [2.05, 4.69) is 49.0 Å². The van der Waals surface area contributed by atoms with Gasteiger partial charge in [0.1, 0.15) is 5.69 Å². The van der Waals surface area contributed by atoms with Crippen LogP contribution in [0.25, 0.3) is 34.3 Å². The van der Waals surface area contributed by atoms with E-state index >= 15 is 0 Å². The van der Waals surface area contributed by atoms with Gasteiger partial charge in [-0.1, -0.05) is 12.1 Å². The molecule has 1 atom stereocenters. The van der Waals surface area contributed by atoms with Gasteiger partial charge >= 0.3 is 0 Å². The van der Waals surface area contributed by atoms with Crippen LogP contribution < -0.4 is 10.6 Å². The Bertz CT molecular complexity index is 1410. The third kappa shape index (κ3) is 4.67. The Morgan fingerprint density at radius 1 is 1.09 bits per heavy atom. The van der Waals surface area contributed by atoms with E-state index in [-0.39, 0.29) is 7.47 Å². The van der Waals surface area contributed by atoms with Crippen LogP contribution in [0.3, 0.4) is 0 Å². The standard InChI is InChI=1S/C26H26N8O.H2/c1-16-23(32-21(14-31-16)18-7-8-30-22(12-18)26(2,3)15-27)25-34-33-24(35-25)19-6-4-5-17(11-19)20-13-28-9-10-29-20;/h4-8,11-12,14,20,28-29H,9-10,13H2,1-3H3;1H. The molecule has 1 aliphatic heterocycles. The number of aromatic nitrogens is 5. The molecule has 178 valence electrons. The van der Waals surface area contributed by atoms with Crippen LogP contribution in [-0.4, -0.2) is 44.8 Å². The third-order valence-corrected chi connectivity index (χ3v) is 6.14. The van der Waals surface area contributed by atoms with Crippen molar-refractivity contribution in [2.45, 2.75) is 32.2 Å². The highest BCUT2D eigenvalue weighted by Gasteiger charge is 2.23. The van der Waals surface area contributed by atoms with Crippen molar-refractivity contribution in [2.75, 3.05) is 19.6 Å². The SMILES string of the molecule is Cc1ncc(-c2ccnc(C(C)(C)C#N)c2)nc1-c1nnc(-c2cccc(C3CNCCN3)c2)o1.[HH].